The van der Waals surface area contributed by atoms with Crippen molar-refractivity contribution in [2.75, 3.05) is 5.75 Å². The molecule has 0 aromatic heterocycles. The molecule has 0 atom stereocenters. The smallest absolute Gasteiger partial charge is 0.186 e. The Bertz CT molecular complexity index is 466. The van der Waals surface area contributed by atoms with Gasteiger partial charge in [0.2, 0.25) is 0 Å². The van der Waals surface area contributed by atoms with E-state index in [1.165, 1.54) is 32.0 Å². The molecule has 1 aromatic rings. The van der Waals surface area contributed by atoms with Crippen molar-refractivity contribution < 1.29 is 14.0 Å². The van der Waals surface area contributed by atoms with Gasteiger partial charge in [0.15, 0.2) is 10.9 Å². The summed E-state index contributed by atoms with van der Waals surface area (Å²) in [6, 6.07) is 4.24. The standard InChI is InChI=1S/C13H13FO2S/c1-9(15)11-5-6-13(14)12(8-11)4-3-7-17-10(2)16/h3-6,8H,7H2,1-2H3. The van der Waals surface area contributed by atoms with E-state index in [4.69, 9.17) is 0 Å². The summed E-state index contributed by atoms with van der Waals surface area (Å²) in [7, 11) is 0. The number of Topliss-reactive ketones (excluding diaryl/α,β-unsaturated/α-hetero) is 1. The van der Waals surface area contributed by atoms with E-state index in [9.17, 15) is 14.0 Å². The van der Waals surface area contributed by atoms with E-state index in [0.717, 1.165) is 11.8 Å². The van der Waals surface area contributed by atoms with Crippen LogP contribution >= 0.6 is 11.8 Å². The molecule has 0 spiro atoms. The van der Waals surface area contributed by atoms with Crippen LogP contribution in [0.5, 0.6) is 0 Å². The molecule has 2 nitrogen and oxygen atoms in total. The Morgan fingerprint density at radius 1 is 1.35 bits per heavy atom. The van der Waals surface area contributed by atoms with E-state index >= 15 is 0 Å². The lowest BCUT2D eigenvalue weighted by atomic mass is 10.1. The first-order valence-corrected chi connectivity index (χ1v) is 6.09. The van der Waals surface area contributed by atoms with Crippen LogP contribution in [0, 0.1) is 5.82 Å². The fourth-order valence-electron chi connectivity index (χ4n) is 1.23. The molecule has 0 aliphatic heterocycles. The largest absolute Gasteiger partial charge is 0.295 e. The molecule has 0 fully saturated rings. The Kier molecular flexibility index (Phi) is 5.10. The highest BCUT2D eigenvalue weighted by Gasteiger charge is 2.03. The molecule has 1 rings (SSSR count). The summed E-state index contributed by atoms with van der Waals surface area (Å²) in [5, 5.41) is 0.0209. The van der Waals surface area contributed by atoms with E-state index in [1.807, 2.05) is 0 Å². The lowest BCUT2D eigenvalue weighted by molar-refractivity contribution is -0.109. The van der Waals surface area contributed by atoms with Crippen molar-refractivity contribution in [3.63, 3.8) is 0 Å². The minimum atomic E-state index is -0.376. The van der Waals surface area contributed by atoms with Gasteiger partial charge in [0.1, 0.15) is 5.82 Å². The Labute approximate surface area is 104 Å². The van der Waals surface area contributed by atoms with E-state index in [1.54, 1.807) is 12.2 Å². The molecule has 17 heavy (non-hydrogen) atoms. The number of carbonyl (C=O) groups excluding carboxylic acids is 2. The van der Waals surface area contributed by atoms with Crippen molar-refractivity contribution in [2.45, 2.75) is 13.8 Å². The molecule has 0 aliphatic rings. The van der Waals surface area contributed by atoms with Gasteiger partial charge < -0.3 is 0 Å². The molecular weight excluding hydrogens is 239 g/mol. The van der Waals surface area contributed by atoms with E-state index in [0.29, 0.717) is 16.9 Å². The van der Waals surface area contributed by atoms with Crippen LogP contribution in [0.2, 0.25) is 0 Å². The summed E-state index contributed by atoms with van der Waals surface area (Å²) in [6.07, 6.45) is 3.28. The number of thioether (sulfide) groups is 1. The second-order valence-corrected chi connectivity index (χ2v) is 4.69. The summed E-state index contributed by atoms with van der Waals surface area (Å²) in [6.45, 7) is 2.92. The van der Waals surface area contributed by atoms with Gasteiger partial charge in [0.25, 0.3) is 0 Å². The van der Waals surface area contributed by atoms with Crippen LogP contribution in [0.4, 0.5) is 4.39 Å². The lowest BCUT2D eigenvalue weighted by Crippen LogP contribution is -1.94. The van der Waals surface area contributed by atoms with Crippen LogP contribution in [0.25, 0.3) is 6.08 Å². The maximum Gasteiger partial charge on any atom is 0.186 e. The third-order valence-corrected chi connectivity index (χ3v) is 2.85. The van der Waals surface area contributed by atoms with Crippen LogP contribution in [-0.4, -0.2) is 16.7 Å². The first kappa shape index (κ1) is 13.6. The van der Waals surface area contributed by atoms with E-state index < -0.39 is 0 Å². The number of hydrogen-bond acceptors (Lipinski definition) is 3. The second-order valence-electron chi connectivity index (χ2n) is 3.50. The van der Waals surface area contributed by atoms with Gasteiger partial charge in [-0.05, 0) is 25.1 Å². The van der Waals surface area contributed by atoms with Crippen molar-refractivity contribution in [1.29, 1.82) is 0 Å². The van der Waals surface area contributed by atoms with Crippen molar-refractivity contribution >= 4 is 28.7 Å². The molecule has 0 unspecified atom stereocenters. The predicted octanol–water partition coefficient (Wildman–Crippen LogP) is 3.32. The number of halogens is 1. The zero-order valence-corrected chi connectivity index (χ0v) is 10.5. The Morgan fingerprint density at radius 3 is 2.65 bits per heavy atom. The number of hydrogen-bond donors (Lipinski definition) is 0. The van der Waals surface area contributed by atoms with E-state index in [2.05, 4.69) is 0 Å². The highest BCUT2D eigenvalue weighted by molar-refractivity contribution is 8.13. The molecule has 4 heteroatoms. The second kappa shape index (κ2) is 6.35. The van der Waals surface area contributed by atoms with Gasteiger partial charge in [0.05, 0.1) is 0 Å². The highest BCUT2D eigenvalue weighted by atomic mass is 32.2. The van der Waals surface area contributed by atoms with Crippen LogP contribution in [-0.2, 0) is 4.79 Å². The third-order valence-electron chi connectivity index (χ3n) is 2.08. The van der Waals surface area contributed by atoms with Crippen molar-refractivity contribution in [2.24, 2.45) is 0 Å². The number of carbonyl (C=O) groups is 2. The van der Waals surface area contributed by atoms with Gasteiger partial charge in [-0.3, -0.25) is 9.59 Å². The molecule has 90 valence electrons. The maximum atomic E-state index is 13.4. The highest BCUT2D eigenvalue weighted by Crippen LogP contribution is 2.13. The summed E-state index contributed by atoms with van der Waals surface area (Å²) in [5.74, 6) is 0.0239. The van der Waals surface area contributed by atoms with Crippen LogP contribution < -0.4 is 0 Å². The fourth-order valence-corrected chi connectivity index (χ4v) is 1.66. The van der Waals surface area contributed by atoms with Crippen molar-refractivity contribution in [3.05, 3.63) is 41.2 Å². The van der Waals surface area contributed by atoms with Crippen LogP contribution in [0.3, 0.4) is 0 Å². The molecule has 0 radical (unpaired) electrons. The van der Waals surface area contributed by atoms with Crippen molar-refractivity contribution in [3.8, 4) is 0 Å². The molecule has 0 amide bonds. The first-order chi connectivity index (χ1) is 8.00. The van der Waals surface area contributed by atoms with Crippen LogP contribution in [0.15, 0.2) is 24.3 Å². The Hall–Kier alpha value is -1.42. The number of rotatable bonds is 4. The molecule has 0 saturated heterocycles. The SMILES string of the molecule is CC(=O)SCC=Cc1cc(C(C)=O)ccc1F. The van der Waals surface area contributed by atoms with Crippen LogP contribution in [0.1, 0.15) is 29.8 Å². The summed E-state index contributed by atoms with van der Waals surface area (Å²) in [4.78, 5) is 21.8. The zero-order valence-electron chi connectivity index (χ0n) is 9.70. The Morgan fingerprint density at radius 2 is 2.06 bits per heavy atom. The fraction of sp³-hybridized carbons (Fsp3) is 0.231. The van der Waals surface area contributed by atoms with Gasteiger partial charge in [-0.25, -0.2) is 4.39 Å². The topological polar surface area (TPSA) is 34.1 Å². The van der Waals surface area contributed by atoms with E-state index in [-0.39, 0.29) is 16.7 Å². The van der Waals surface area contributed by atoms with Gasteiger partial charge in [-0.15, -0.1) is 0 Å². The quantitative estimate of drug-likeness (QED) is 0.771. The predicted molar refractivity (Wildman–Crippen MR) is 68.6 cm³/mol. The molecule has 1 aromatic carbocycles. The molecule has 0 bridgehead atoms. The molecule has 0 saturated carbocycles. The summed E-state index contributed by atoms with van der Waals surface area (Å²) >= 11 is 1.15. The third kappa shape index (κ3) is 4.53. The number of benzene rings is 1. The normalized spacial score (nSPS) is 10.8. The molecule has 0 aliphatic carbocycles. The average molecular weight is 252 g/mol. The van der Waals surface area contributed by atoms with Gasteiger partial charge in [0, 0.05) is 23.8 Å². The molecular formula is C13H13FO2S. The monoisotopic (exact) mass is 252 g/mol. The minimum absolute atomic E-state index is 0.0209. The van der Waals surface area contributed by atoms with Crippen molar-refractivity contribution in [1.82, 2.24) is 0 Å². The average Bonchev–Trinajstić information content (AvgIpc) is 2.25. The maximum absolute atomic E-state index is 13.4. The summed E-state index contributed by atoms with van der Waals surface area (Å²) < 4.78 is 13.4. The Balaban J connectivity index is 2.79. The van der Waals surface area contributed by atoms with Gasteiger partial charge >= 0.3 is 0 Å². The zero-order chi connectivity index (χ0) is 12.8. The first-order valence-electron chi connectivity index (χ1n) is 5.11. The number of ketones is 1. The molecule has 0 N–H and O–H groups in total. The lowest BCUT2D eigenvalue weighted by Gasteiger charge is -2.00. The van der Waals surface area contributed by atoms with Gasteiger partial charge in [-0.1, -0.05) is 23.9 Å². The summed E-state index contributed by atoms with van der Waals surface area (Å²) in [5.41, 5.74) is 0.840. The minimum Gasteiger partial charge on any atom is -0.295 e. The van der Waals surface area contributed by atoms with Gasteiger partial charge in [-0.2, -0.15) is 0 Å². The molecule has 0 heterocycles.